The molecule has 1 aromatic carbocycles. The number of benzene rings is 1. The fraction of sp³-hybridized carbons (Fsp3) is 0.188. The van der Waals surface area contributed by atoms with Gasteiger partial charge in [0.05, 0.1) is 0 Å². The number of ketones is 1. The minimum absolute atomic E-state index is 0.197. The highest BCUT2D eigenvalue weighted by Gasteiger charge is 2.07. The molecule has 0 amide bonds. The van der Waals surface area contributed by atoms with Crippen molar-refractivity contribution in [2.45, 2.75) is 18.0 Å². The number of rotatable bonds is 6. The van der Waals surface area contributed by atoms with Gasteiger partial charge in [0.25, 0.3) is 0 Å². The Balaban J connectivity index is 1.52. The van der Waals surface area contributed by atoms with Crippen molar-refractivity contribution >= 4 is 23.2 Å². The van der Waals surface area contributed by atoms with Gasteiger partial charge in [0, 0.05) is 23.9 Å². The molecule has 4 nitrogen and oxygen atoms in total. The van der Waals surface area contributed by atoms with Crippen molar-refractivity contribution in [3.8, 4) is 0 Å². The van der Waals surface area contributed by atoms with E-state index < -0.39 is 0 Å². The van der Waals surface area contributed by atoms with E-state index in [0.29, 0.717) is 6.42 Å². The number of hydrogen-bond donors (Lipinski definition) is 0. The van der Waals surface area contributed by atoms with Gasteiger partial charge in [-0.1, -0.05) is 48.2 Å². The smallest absolute Gasteiger partial charge is 0.195 e. The summed E-state index contributed by atoms with van der Waals surface area (Å²) in [6, 6.07) is 15.3. The lowest BCUT2D eigenvalue weighted by molar-refractivity contribution is 0.0982. The van der Waals surface area contributed by atoms with E-state index in [0.717, 1.165) is 28.5 Å². The van der Waals surface area contributed by atoms with Crippen LogP contribution >= 0.6 is 11.8 Å². The Bertz CT molecular complexity index is 739. The summed E-state index contributed by atoms with van der Waals surface area (Å²) < 4.78 is 1.96. The van der Waals surface area contributed by atoms with Crippen LogP contribution in [0, 0.1) is 0 Å². The van der Waals surface area contributed by atoms with Crippen molar-refractivity contribution < 1.29 is 4.79 Å². The molecular formula is C16H15N3OS. The third-order valence-corrected chi connectivity index (χ3v) is 4.19. The summed E-state index contributed by atoms with van der Waals surface area (Å²) in [5.74, 6) is 1.05. The van der Waals surface area contributed by atoms with Crippen LogP contribution < -0.4 is 0 Å². The Morgan fingerprint density at radius 1 is 1.05 bits per heavy atom. The van der Waals surface area contributed by atoms with Gasteiger partial charge in [0.2, 0.25) is 0 Å². The monoisotopic (exact) mass is 297 g/mol. The second-order valence-corrected chi connectivity index (χ2v) is 5.71. The number of hydrogen-bond acceptors (Lipinski definition) is 4. The van der Waals surface area contributed by atoms with E-state index in [1.165, 1.54) is 0 Å². The summed E-state index contributed by atoms with van der Waals surface area (Å²) in [4.78, 5) is 12.0. The first-order chi connectivity index (χ1) is 10.3. The third kappa shape index (κ3) is 3.31. The Labute approximate surface area is 127 Å². The minimum atomic E-state index is 0.197. The van der Waals surface area contributed by atoms with Crippen LogP contribution in [-0.2, 0) is 0 Å². The fourth-order valence-electron chi connectivity index (χ4n) is 2.08. The highest BCUT2D eigenvalue weighted by Crippen LogP contribution is 2.18. The Morgan fingerprint density at radius 3 is 2.71 bits per heavy atom. The predicted octanol–water partition coefficient (Wildman–Crippen LogP) is 3.48. The van der Waals surface area contributed by atoms with Crippen molar-refractivity contribution in [2.75, 3.05) is 5.75 Å². The molecule has 106 valence electrons. The number of carbonyl (C=O) groups excluding carboxylic acids is 1. The average molecular weight is 297 g/mol. The molecule has 0 spiro atoms. The number of fused-ring (bicyclic) bond motifs is 1. The first-order valence-corrected chi connectivity index (χ1v) is 7.84. The Morgan fingerprint density at radius 2 is 1.86 bits per heavy atom. The number of Topliss-reactive ketones (excluding diaryl/α,β-unsaturated/α-hetero) is 1. The summed E-state index contributed by atoms with van der Waals surface area (Å²) >= 11 is 1.63. The summed E-state index contributed by atoms with van der Waals surface area (Å²) in [5.41, 5.74) is 1.63. The SMILES string of the molecule is O=C(CCCSc1nnc2ccccn12)c1ccccc1. The van der Waals surface area contributed by atoms with Gasteiger partial charge in [-0.3, -0.25) is 9.20 Å². The Hall–Kier alpha value is -2.14. The molecule has 0 aliphatic rings. The summed E-state index contributed by atoms with van der Waals surface area (Å²) in [5, 5.41) is 9.14. The molecule has 0 atom stereocenters. The second kappa shape index (κ2) is 6.54. The van der Waals surface area contributed by atoms with E-state index in [-0.39, 0.29) is 5.78 Å². The number of carbonyl (C=O) groups is 1. The van der Waals surface area contributed by atoms with E-state index in [4.69, 9.17) is 0 Å². The van der Waals surface area contributed by atoms with Crippen molar-refractivity contribution in [3.63, 3.8) is 0 Å². The molecule has 0 aliphatic carbocycles. The molecule has 0 aliphatic heterocycles. The number of aromatic nitrogens is 3. The second-order valence-electron chi connectivity index (χ2n) is 4.65. The normalized spacial score (nSPS) is 10.9. The summed E-state index contributed by atoms with van der Waals surface area (Å²) in [7, 11) is 0. The maximum Gasteiger partial charge on any atom is 0.195 e. The zero-order chi connectivity index (χ0) is 14.5. The van der Waals surface area contributed by atoms with Crippen LogP contribution in [-0.4, -0.2) is 26.1 Å². The van der Waals surface area contributed by atoms with Crippen LogP contribution in [0.2, 0.25) is 0 Å². The number of nitrogens with zero attached hydrogens (tertiary/aromatic N) is 3. The molecule has 5 heteroatoms. The van der Waals surface area contributed by atoms with Gasteiger partial charge in [-0.25, -0.2) is 0 Å². The van der Waals surface area contributed by atoms with E-state index in [9.17, 15) is 4.79 Å². The van der Waals surface area contributed by atoms with E-state index in [2.05, 4.69) is 10.2 Å². The lowest BCUT2D eigenvalue weighted by Gasteiger charge is -2.01. The minimum Gasteiger partial charge on any atom is -0.294 e. The molecule has 3 rings (SSSR count). The van der Waals surface area contributed by atoms with Crippen molar-refractivity contribution in [1.82, 2.24) is 14.6 Å². The van der Waals surface area contributed by atoms with Crippen LogP contribution in [0.5, 0.6) is 0 Å². The van der Waals surface area contributed by atoms with Crippen molar-refractivity contribution in [1.29, 1.82) is 0 Å². The largest absolute Gasteiger partial charge is 0.294 e. The first kappa shape index (κ1) is 13.8. The van der Waals surface area contributed by atoms with Crippen LogP contribution in [0.15, 0.2) is 59.9 Å². The standard InChI is InChI=1S/C16H15N3OS/c20-14(13-7-2-1-3-8-13)9-6-12-21-16-18-17-15-10-4-5-11-19(15)16/h1-5,7-8,10-11H,6,9,12H2. The van der Waals surface area contributed by atoms with Crippen molar-refractivity contribution in [2.24, 2.45) is 0 Å². The quantitative estimate of drug-likeness (QED) is 0.397. The Kier molecular flexibility index (Phi) is 4.31. The zero-order valence-corrected chi connectivity index (χ0v) is 12.3. The zero-order valence-electron chi connectivity index (χ0n) is 11.5. The molecule has 3 aromatic rings. The van der Waals surface area contributed by atoms with Gasteiger partial charge in [0.1, 0.15) is 0 Å². The van der Waals surface area contributed by atoms with Gasteiger partial charge >= 0.3 is 0 Å². The fourth-order valence-corrected chi connectivity index (χ4v) is 2.95. The van der Waals surface area contributed by atoms with Gasteiger partial charge in [-0.05, 0) is 18.6 Å². The molecule has 0 unspecified atom stereocenters. The topological polar surface area (TPSA) is 47.3 Å². The van der Waals surface area contributed by atoms with Gasteiger partial charge in [-0.2, -0.15) is 0 Å². The number of pyridine rings is 1. The van der Waals surface area contributed by atoms with Crippen LogP contribution in [0.1, 0.15) is 23.2 Å². The molecule has 0 bridgehead atoms. The molecule has 2 aromatic heterocycles. The van der Waals surface area contributed by atoms with Crippen molar-refractivity contribution in [3.05, 3.63) is 60.3 Å². The average Bonchev–Trinajstić information content (AvgIpc) is 2.95. The lowest BCUT2D eigenvalue weighted by atomic mass is 10.1. The number of thioether (sulfide) groups is 1. The van der Waals surface area contributed by atoms with Gasteiger partial charge in [-0.15, -0.1) is 10.2 Å². The summed E-state index contributed by atoms with van der Waals surface area (Å²) in [6.07, 6.45) is 3.35. The van der Waals surface area contributed by atoms with Crippen LogP contribution in [0.3, 0.4) is 0 Å². The van der Waals surface area contributed by atoms with Crippen LogP contribution in [0.4, 0.5) is 0 Å². The third-order valence-electron chi connectivity index (χ3n) is 3.16. The molecule has 21 heavy (non-hydrogen) atoms. The van der Waals surface area contributed by atoms with E-state index in [1.807, 2.05) is 59.1 Å². The maximum absolute atomic E-state index is 12.0. The van der Waals surface area contributed by atoms with Gasteiger partial charge in [0.15, 0.2) is 16.6 Å². The summed E-state index contributed by atoms with van der Waals surface area (Å²) in [6.45, 7) is 0. The molecule has 0 fully saturated rings. The van der Waals surface area contributed by atoms with Crippen LogP contribution in [0.25, 0.3) is 5.65 Å². The molecule has 0 radical (unpaired) electrons. The highest BCUT2D eigenvalue weighted by molar-refractivity contribution is 7.99. The highest BCUT2D eigenvalue weighted by atomic mass is 32.2. The molecular weight excluding hydrogens is 282 g/mol. The van der Waals surface area contributed by atoms with Gasteiger partial charge < -0.3 is 0 Å². The van der Waals surface area contributed by atoms with E-state index in [1.54, 1.807) is 11.8 Å². The first-order valence-electron chi connectivity index (χ1n) is 6.85. The predicted molar refractivity (Wildman–Crippen MR) is 83.7 cm³/mol. The molecule has 2 heterocycles. The lowest BCUT2D eigenvalue weighted by Crippen LogP contribution is -1.99. The van der Waals surface area contributed by atoms with E-state index >= 15 is 0 Å². The maximum atomic E-state index is 12.0. The molecule has 0 saturated heterocycles. The molecule has 0 saturated carbocycles. The molecule has 0 N–H and O–H groups in total.